The summed E-state index contributed by atoms with van der Waals surface area (Å²) in [6, 6.07) is 13.3. The van der Waals surface area contributed by atoms with Gasteiger partial charge in [-0.2, -0.15) is 0 Å². The molecule has 0 saturated carbocycles. The summed E-state index contributed by atoms with van der Waals surface area (Å²) in [5.41, 5.74) is 3.87. The molecule has 0 aliphatic heterocycles. The first-order chi connectivity index (χ1) is 18.2. The maximum absolute atomic E-state index is 12.9. The number of thioether (sulfide) groups is 1. The zero-order chi connectivity index (χ0) is 27.4. The Morgan fingerprint density at radius 3 is 2.45 bits per heavy atom. The van der Waals surface area contributed by atoms with E-state index in [-0.39, 0.29) is 18.3 Å². The summed E-state index contributed by atoms with van der Waals surface area (Å²) < 4.78 is 12.7. The van der Waals surface area contributed by atoms with Gasteiger partial charge in [0, 0.05) is 22.5 Å². The molecule has 2 aromatic carbocycles. The van der Waals surface area contributed by atoms with Gasteiger partial charge in [0.25, 0.3) is 0 Å². The largest absolute Gasteiger partial charge is 0.486 e. The molecule has 8 nitrogen and oxygen atoms in total. The van der Waals surface area contributed by atoms with Crippen LogP contribution in [0.4, 0.5) is 5.00 Å². The number of ether oxygens (including phenoxy) is 2. The normalized spacial score (nSPS) is 10.9. The number of carbonyl (C=O) groups excluding carboxylic acids is 2. The smallest absolute Gasteiger partial charge is 0.341 e. The Kier molecular flexibility index (Phi) is 8.76. The van der Waals surface area contributed by atoms with Gasteiger partial charge < -0.3 is 19.4 Å². The first kappa shape index (κ1) is 27.7. The van der Waals surface area contributed by atoms with Crippen molar-refractivity contribution in [3.63, 3.8) is 0 Å². The number of nitrogens with one attached hydrogen (secondary N) is 1. The molecule has 0 aliphatic carbocycles. The number of hydrogen-bond donors (Lipinski definition) is 1. The highest BCUT2D eigenvalue weighted by molar-refractivity contribution is 7.99. The van der Waals surface area contributed by atoms with Gasteiger partial charge in [-0.25, -0.2) is 4.79 Å². The molecule has 0 aliphatic rings. The van der Waals surface area contributed by atoms with Crippen LogP contribution in [-0.2, 0) is 23.2 Å². The number of aromatic nitrogens is 3. The van der Waals surface area contributed by atoms with E-state index in [1.807, 2.05) is 70.3 Å². The molecule has 1 amide bonds. The average molecular weight is 571 g/mol. The van der Waals surface area contributed by atoms with Gasteiger partial charge in [0.05, 0.1) is 12.9 Å². The molecule has 0 radical (unpaired) electrons. The lowest BCUT2D eigenvalue weighted by Crippen LogP contribution is -2.16. The number of anilines is 1. The van der Waals surface area contributed by atoms with Crippen LogP contribution in [0.2, 0.25) is 5.02 Å². The van der Waals surface area contributed by atoms with Gasteiger partial charge in [0.15, 0.2) is 11.0 Å². The van der Waals surface area contributed by atoms with Crippen molar-refractivity contribution in [2.24, 2.45) is 7.05 Å². The first-order valence-electron chi connectivity index (χ1n) is 11.7. The fourth-order valence-corrected chi connectivity index (χ4v) is 5.83. The number of hydrogen-bond acceptors (Lipinski definition) is 8. The minimum Gasteiger partial charge on any atom is -0.486 e. The van der Waals surface area contributed by atoms with E-state index in [1.54, 1.807) is 4.57 Å². The van der Waals surface area contributed by atoms with Gasteiger partial charge in [0.2, 0.25) is 5.91 Å². The lowest BCUT2D eigenvalue weighted by molar-refractivity contribution is -0.113. The van der Waals surface area contributed by atoms with Crippen molar-refractivity contribution >= 4 is 51.6 Å². The minimum atomic E-state index is -0.500. The molecule has 2 aromatic heterocycles. The number of benzene rings is 2. The molecule has 0 atom stereocenters. The molecular formula is C27H27ClN4O4S2. The number of nitrogens with zero attached hydrogens (tertiary/aromatic N) is 3. The van der Waals surface area contributed by atoms with Crippen molar-refractivity contribution in [1.82, 2.24) is 14.8 Å². The van der Waals surface area contributed by atoms with Crippen molar-refractivity contribution in [3.05, 3.63) is 74.9 Å². The van der Waals surface area contributed by atoms with Crippen LogP contribution in [0.15, 0.2) is 47.6 Å². The third kappa shape index (κ3) is 6.03. The van der Waals surface area contributed by atoms with Crippen LogP contribution in [0.3, 0.4) is 0 Å². The van der Waals surface area contributed by atoms with Gasteiger partial charge in [-0.3, -0.25) is 4.79 Å². The maximum atomic E-state index is 12.9. The minimum absolute atomic E-state index is 0.0840. The summed E-state index contributed by atoms with van der Waals surface area (Å²) in [4.78, 5) is 26.4. The Morgan fingerprint density at radius 1 is 1.11 bits per heavy atom. The number of carbonyl (C=O) groups is 2. The Bertz CT molecular complexity index is 1460. The van der Waals surface area contributed by atoms with Crippen LogP contribution in [0.25, 0.3) is 11.1 Å². The van der Waals surface area contributed by atoms with Crippen molar-refractivity contribution in [2.75, 3.05) is 18.2 Å². The summed E-state index contributed by atoms with van der Waals surface area (Å²) in [5.74, 6) is 0.630. The second kappa shape index (κ2) is 12.0. The van der Waals surface area contributed by atoms with E-state index in [9.17, 15) is 9.59 Å². The second-order valence-corrected chi connectivity index (χ2v) is 11.1. The van der Waals surface area contributed by atoms with Crippen LogP contribution in [0.5, 0.6) is 5.75 Å². The molecule has 198 valence electrons. The van der Waals surface area contributed by atoms with Gasteiger partial charge in [0.1, 0.15) is 22.9 Å². The first-order valence-corrected chi connectivity index (χ1v) is 13.8. The van der Waals surface area contributed by atoms with E-state index < -0.39 is 5.97 Å². The van der Waals surface area contributed by atoms with Crippen LogP contribution < -0.4 is 10.1 Å². The standard InChI is InChI=1S/C27H27ClN4O4S2/c1-15-11-19(12-16(2)24(15)28)36-13-20-30-31-27(32(20)4)37-14-21(33)29-25-23(26(34)35-5)22(17(3)38-25)18-9-7-6-8-10-18/h6-12H,13-14H2,1-5H3,(H,29,33). The van der Waals surface area contributed by atoms with Gasteiger partial charge in [-0.1, -0.05) is 53.7 Å². The zero-order valence-electron chi connectivity index (χ0n) is 21.6. The second-order valence-electron chi connectivity index (χ2n) is 8.55. The van der Waals surface area contributed by atoms with Crippen LogP contribution in [0, 0.1) is 20.8 Å². The predicted molar refractivity (Wildman–Crippen MR) is 151 cm³/mol. The molecule has 0 fully saturated rings. The van der Waals surface area contributed by atoms with Crippen molar-refractivity contribution in [2.45, 2.75) is 32.5 Å². The van der Waals surface area contributed by atoms with E-state index in [2.05, 4.69) is 15.5 Å². The number of methoxy groups -OCH3 is 1. The van der Waals surface area contributed by atoms with Crippen LogP contribution >= 0.6 is 34.7 Å². The van der Waals surface area contributed by atoms with Crippen LogP contribution in [-0.4, -0.2) is 39.5 Å². The zero-order valence-corrected chi connectivity index (χ0v) is 24.0. The number of esters is 1. The molecule has 11 heteroatoms. The van der Waals surface area contributed by atoms with E-state index >= 15 is 0 Å². The molecule has 4 rings (SSSR count). The van der Waals surface area contributed by atoms with Gasteiger partial charge >= 0.3 is 5.97 Å². The molecule has 0 saturated heterocycles. The lowest BCUT2D eigenvalue weighted by Gasteiger charge is -2.10. The Balaban J connectivity index is 1.42. The third-order valence-electron chi connectivity index (χ3n) is 5.82. The molecule has 4 aromatic rings. The van der Waals surface area contributed by atoms with Crippen molar-refractivity contribution in [1.29, 1.82) is 0 Å². The molecule has 1 N–H and O–H groups in total. The predicted octanol–water partition coefficient (Wildman–Crippen LogP) is 6.22. The van der Waals surface area contributed by atoms with E-state index in [0.29, 0.717) is 27.3 Å². The van der Waals surface area contributed by atoms with Crippen molar-refractivity contribution in [3.8, 4) is 16.9 Å². The molecule has 2 heterocycles. The monoisotopic (exact) mass is 570 g/mol. The number of aryl methyl sites for hydroxylation is 3. The highest BCUT2D eigenvalue weighted by atomic mass is 35.5. The van der Waals surface area contributed by atoms with Crippen molar-refractivity contribution < 1.29 is 19.1 Å². The fourth-order valence-electron chi connectivity index (χ4n) is 3.91. The Hall–Kier alpha value is -3.34. The summed E-state index contributed by atoms with van der Waals surface area (Å²) in [6.07, 6.45) is 0. The fraction of sp³-hybridized carbons (Fsp3) is 0.259. The average Bonchev–Trinajstić information content (AvgIpc) is 3.42. The third-order valence-corrected chi connectivity index (χ3v) is 8.46. The van der Waals surface area contributed by atoms with E-state index in [0.717, 1.165) is 32.2 Å². The molecular weight excluding hydrogens is 544 g/mol. The Morgan fingerprint density at radius 2 is 1.79 bits per heavy atom. The SMILES string of the molecule is COC(=O)c1c(NC(=O)CSc2nnc(COc3cc(C)c(Cl)c(C)c3)n2C)sc(C)c1-c1ccccc1. The summed E-state index contributed by atoms with van der Waals surface area (Å²) >= 11 is 8.82. The highest BCUT2D eigenvalue weighted by Crippen LogP contribution is 2.40. The van der Waals surface area contributed by atoms with E-state index in [4.69, 9.17) is 21.1 Å². The molecule has 38 heavy (non-hydrogen) atoms. The number of thiophene rings is 1. The maximum Gasteiger partial charge on any atom is 0.341 e. The topological polar surface area (TPSA) is 95.3 Å². The van der Waals surface area contributed by atoms with Gasteiger partial charge in [-0.15, -0.1) is 21.5 Å². The summed E-state index contributed by atoms with van der Waals surface area (Å²) in [7, 11) is 3.15. The highest BCUT2D eigenvalue weighted by Gasteiger charge is 2.25. The number of halogens is 1. The number of amides is 1. The molecule has 0 spiro atoms. The summed E-state index contributed by atoms with van der Waals surface area (Å²) in [5, 5.41) is 13.0. The van der Waals surface area contributed by atoms with Crippen LogP contribution in [0.1, 0.15) is 32.2 Å². The Labute approximate surface area is 234 Å². The summed E-state index contributed by atoms with van der Waals surface area (Å²) in [6.45, 7) is 5.99. The van der Waals surface area contributed by atoms with E-state index in [1.165, 1.54) is 30.2 Å². The lowest BCUT2D eigenvalue weighted by atomic mass is 10.0. The van der Waals surface area contributed by atoms with Gasteiger partial charge in [-0.05, 0) is 49.6 Å². The molecule has 0 bridgehead atoms. The molecule has 0 unspecified atom stereocenters. The quantitative estimate of drug-likeness (QED) is 0.188. The number of rotatable bonds is 9.